The monoisotopic (exact) mass is 483 g/mol. The van der Waals surface area contributed by atoms with Gasteiger partial charge in [0.1, 0.15) is 0 Å². The highest BCUT2D eigenvalue weighted by atomic mass is 16.5. The summed E-state index contributed by atoms with van der Waals surface area (Å²) in [7, 11) is 1.34. The molecule has 0 unspecified atom stereocenters. The Hall–Kier alpha value is -3.90. The Labute approximate surface area is 213 Å². The van der Waals surface area contributed by atoms with Gasteiger partial charge in [-0.25, -0.2) is 4.79 Å². The zero-order chi connectivity index (χ0) is 25.5. The molecule has 3 aromatic rings. The highest BCUT2D eigenvalue weighted by Crippen LogP contribution is 2.38. The molecule has 1 aliphatic rings. The van der Waals surface area contributed by atoms with Gasteiger partial charge in [0.15, 0.2) is 0 Å². The van der Waals surface area contributed by atoms with Crippen molar-refractivity contribution in [3.8, 4) is 0 Å². The van der Waals surface area contributed by atoms with E-state index < -0.39 is 5.97 Å². The van der Waals surface area contributed by atoms with Crippen molar-refractivity contribution in [1.29, 1.82) is 0 Å². The SMILES string of the molecule is CCCN(CCC)Cc1ccc(N/C(=C2\C(=O)Nc3cc(C(=O)OC)ccc32)c2ccccc2)cc1. The summed E-state index contributed by atoms with van der Waals surface area (Å²) in [6.45, 7) is 7.52. The quantitative estimate of drug-likeness (QED) is 0.272. The topological polar surface area (TPSA) is 70.7 Å². The molecule has 36 heavy (non-hydrogen) atoms. The molecule has 6 nitrogen and oxygen atoms in total. The number of methoxy groups -OCH3 is 1. The van der Waals surface area contributed by atoms with Crippen molar-refractivity contribution in [2.75, 3.05) is 30.8 Å². The van der Waals surface area contributed by atoms with Crippen LogP contribution in [0.1, 0.15) is 53.7 Å². The van der Waals surface area contributed by atoms with Crippen LogP contribution in [-0.2, 0) is 16.1 Å². The van der Waals surface area contributed by atoms with Crippen LogP contribution in [0.2, 0.25) is 0 Å². The normalized spacial score (nSPS) is 13.8. The van der Waals surface area contributed by atoms with Gasteiger partial charge in [0.2, 0.25) is 0 Å². The molecule has 0 saturated heterocycles. The molecule has 186 valence electrons. The largest absolute Gasteiger partial charge is 0.465 e. The highest BCUT2D eigenvalue weighted by Gasteiger charge is 2.29. The minimum atomic E-state index is -0.442. The lowest BCUT2D eigenvalue weighted by atomic mass is 9.99. The summed E-state index contributed by atoms with van der Waals surface area (Å²) in [5.74, 6) is -0.660. The number of carbonyl (C=O) groups excluding carboxylic acids is 2. The number of hydrogen-bond donors (Lipinski definition) is 2. The maximum Gasteiger partial charge on any atom is 0.337 e. The third-order valence-electron chi connectivity index (χ3n) is 6.21. The van der Waals surface area contributed by atoms with Crippen molar-refractivity contribution >= 4 is 34.5 Å². The van der Waals surface area contributed by atoms with Crippen molar-refractivity contribution in [3.05, 3.63) is 95.1 Å². The van der Waals surface area contributed by atoms with E-state index in [2.05, 4.69) is 53.6 Å². The number of esters is 1. The first-order valence-corrected chi connectivity index (χ1v) is 12.5. The van der Waals surface area contributed by atoms with Crippen LogP contribution < -0.4 is 10.6 Å². The molecule has 2 N–H and O–H groups in total. The summed E-state index contributed by atoms with van der Waals surface area (Å²) in [6, 6.07) is 23.3. The number of hydrogen-bond acceptors (Lipinski definition) is 5. The van der Waals surface area contributed by atoms with E-state index in [-0.39, 0.29) is 5.91 Å². The predicted octanol–water partition coefficient (Wildman–Crippen LogP) is 6.03. The molecule has 1 amide bonds. The summed E-state index contributed by atoms with van der Waals surface area (Å²) < 4.78 is 4.83. The van der Waals surface area contributed by atoms with E-state index in [1.807, 2.05) is 30.3 Å². The van der Waals surface area contributed by atoms with Crippen LogP contribution in [0.25, 0.3) is 11.3 Å². The lowest BCUT2D eigenvalue weighted by Gasteiger charge is -2.21. The fourth-order valence-corrected chi connectivity index (χ4v) is 4.55. The van der Waals surface area contributed by atoms with E-state index >= 15 is 0 Å². The Morgan fingerprint density at radius 2 is 1.61 bits per heavy atom. The number of carbonyl (C=O) groups is 2. The second-order valence-electron chi connectivity index (χ2n) is 8.92. The third kappa shape index (κ3) is 5.66. The van der Waals surface area contributed by atoms with Crippen molar-refractivity contribution in [2.24, 2.45) is 0 Å². The van der Waals surface area contributed by atoms with Gasteiger partial charge in [0.25, 0.3) is 5.91 Å². The number of rotatable bonds is 10. The molecule has 3 aromatic carbocycles. The molecule has 0 bridgehead atoms. The molecule has 4 rings (SSSR count). The van der Waals surface area contributed by atoms with Crippen LogP contribution in [0, 0.1) is 0 Å². The molecule has 0 atom stereocenters. The van der Waals surface area contributed by atoms with Crippen LogP contribution in [0.15, 0.2) is 72.8 Å². The average molecular weight is 484 g/mol. The van der Waals surface area contributed by atoms with Crippen LogP contribution >= 0.6 is 0 Å². The maximum absolute atomic E-state index is 13.2. The molecule has 1 heterocycles. The summed E-state index contributed by atoms with van der Waals surface area (Å²) in [5.41, 5.74) is 6.03. The van der Waals surface area contributed by atoms with Crippen molar-refractivity contribution in [1.82, 2.24) is 4.90 Å². The summed E-state index contributed by atoms with van der Waals surface area (Å²) in [4.78, 5) is 27.6. The van der Waals surface area contributed by atoms with Gasteiger partial charge in [-0.3, -0.25) is 9.69 Å². The van der Waals surface area contributed by atoms with E-state index in [0.29, 0.717) is 22.5 Å². The van der Waals surface area contributed by atoms with Gasteiger partial charge in [-0.15, -0.1) is 0 Å². The van der Waals surface area contributed by atoms with Crippen molar-refractivity contribution in [3.63, 3.8) is 0 Å². The van der Waals surface area contributed by atoms with Crippen molar-refractivity contribution in [2.45, 2.75) is 33.2 Å². The van der Waals surface area contributed by atoms with Gasteiger partial charge >= 0.3 is 5.97 Å². The Morgan fingerprint density at radius 3 is 2.25 bits per heavy atom. The van der Waals surface area contributed by atoms with Gasteiger partial charge in [0.05, 0.1) is 29.6 Å². The molecule has 0 saturated carbocycles. The average Bonchev–Trinajstić information content (AvgIpc) is 3.23. The molecule has 1 aliphatic heterocycles. The second kappa shape index (κ2) is 11.7. The summed E-state index contributed by atoms with van der Waals surface area (Å²) >= 11 is 0. The Morgan fingerprint density at radius 1 is 0.917 bits per heavy atom. The molecule has 0 fully saturated rings. The van der Waals surface area contributed by atoms with Crippen LogP contribution in [-0.4, -0.2) is 37.0 Å². The lowest BCUT2D eigenvalue weighted by molar-refractivity contribution is -0.110. The molecule has 0 radical (unpaired) electrons. The first kappa shape index (κ1) is 25.2. The molecule has 0 aliphatic carbocycles. The highest BCUT2D eigenvalue weighted by molar-refractivity contribution is 6.37. The van der Waals surface area contributed by atoms with E-state index in [4.69, 9.17) is 4.74 Å². The maximum atomic E-state index is 13.2. The van der Waals surface area contributed by atoms with E-state index in [1.165, 1.54) is 12.7 Å². The van der Waals surface area contributed by atoms with Gasteiger partial charge in [-0.2, -0.15) is 0 Å². The summed E-state index contributed by atoms with van der Waals surface area (Å²) in [5, 5.41) is 6.41. The number of fused-ring (bicyclic) bond motifs is 1. The molecule has 0 aromatic heterocycles. The number of ether oxygens (including phenoxy) is 1. The zero-order valence-electron chi connectivity index (χ0n) is 21.1. The van der Waals surface area contributed by atoms with Crippen molar-refractivity contribution < 1.29 is 14.3 Å². The van der Waals surface area contributed by atoms with Crippen LogP contribution in [0.3, 0.4) is 0 Å². The Bertz CT molecular complexity index is 1240. The van der Waals surface area contributed by atoms with Crippen LogP contribution in [0.5, 0.6) is 0 Å². The number of nitrogens with one attached hydrogen (secondary N) is 2. The van der Waals surface area contributed by atoms with Gasteiger partial charge < -0.3 is 15.4 Å². The third-order valence-corrected chi connectivity index (χ3v) is 6.21. The van der Waals surface area contributed by atoms with Crippen LogP contribution in [0.4, 0.5) is 11.4 Å². The standard InChI is InChI=1S/C30H33N3O3/c1-4-17-33(18-5-2)20-21-11-14-24(15-12-21)31-28(22-9-7-6-8-10-22)27-25-16-13-23(30(35)36-3)19-26(25)32-29(27)34/h6-16,19,31H,4-5,17-18,20H2,1-3H3,(H,32,34)/b28-27-. The lowest BCUT2D eigenvalue weighted by Crippen LogP contribution is -2.24. The fourth-order valence-electron chi connectivity index (χ4n) is 4.55. The Balaban J connectivity index is 1.68. The van der Waals surface area contributed by atoms with Gasteiger partial charge in [0, 0.05) is 17.8 Å². The predicted molar refractivity (Wildman–Crippen MR) is 146 cm³/mol. The van der Waals surface area contributed by atoms with E-state index in [9.17, 15) is 9.59 Å². The number of anilines is 2. The minimum Gasteiger partial charge on any atom is -0.465 e. The fraction of sp³-hybridized carbons (Fsp3) is 0.267. The smallest absolute Gasteiger partial charge is 0.337 e. The van der Waals surface area contributed by atoms with Gasteiger partial charge in [-0.1, -0.05) is 62.4 Å². The van der Waals surface area contributed by atoms with Gasteiger partial charge in [-0.05, 0) is 61.3 Å². The second-order valence-corrected chi connectivity index (χ2v) is 8.92. The first-order valence-electron chi connectivity index (χ1n) is 12.5. The number of benzene rings is 3. The zero-order valence-corrected chi connectivity index (χ0v) is 21.1. The minimum absolute atomic E-state index is 0.218. The molecule has 0 spiro atoms. The molecule has 6 heteroatoms. The van der Waals surface area contributed by atoms with E-state index in [1.54, 1.807) is 18.2 Å². The van der Waals surface area contributed by atoms with E-state index in [0.717, 1.165) is 49.3 Å². The Kier molecular flexibility index (Phi) is 8.18. The molecular formula is C30H33N3O3. The first-order chi connectivity index (χ1) is 17.5. The number of nitrogens with zero attached hydrogens (tertiary/aromatic N) is 1. The number of amides is 1. The molecular weight excluding hydrogens is 450 g/mol. The summed E-state index contributed by atoms with van der Waals surface area (Å²) in [6.07, 6.45) is 2.27.